The molecule has 256 valence electrons. The molecule has 1 unspecified atom stereocenters. The van der Waals surface area contributed by atoms with Gasteiger partial charge in [0.1, 0.15) is 18.1 Å². The summed E-state index contributed by atoms with van der Waals surface area (Å²) in [6.45, 7) is 10.9. The zero-order valence-electron chi connectivity index (χ0n) is 28.4. The highest BCUT2D eigenvalue weighted by Crippen LogP contribution is 2.25. The van der Waals surface area contributed by atoms with Gasteiger partial charge in [-0.3, -0.25) is 4.90 Å². The maximum atomic E-state index is 11.2. The molecule has 5 rings (SSSR count). The Morgan fingerprint density at radius 3 is 2.35 bits per heavy atom. The number of rotatable bonds is 16. The van der Waals surface area contributed by atoms with E-state index in [1.165, 1.54) is 11.1 Å². The van der Waals surface area contributed by atoms with E-state index >= 15 is 0 Å². The zero-order valence-corrected chi connectivity index (χ0v) is 28.4. The summed E-state index contributed by atoms with van der Waals surface area (Å²) in [7, 11) is 0. The molecule has 0 spiro atoms. The number of hydrogen-bond donors (Lipinski definition) is 2. The Hall–Kier alpha value is -4.85. The predicted octanol–water partition coefficient (Wildman–Crippen LogP) is 8.06. The number of carboxylic acids is 1. The summed E-state index contributed by atoms with van der Waals surface area (Å²) >= 11 is 0. The highest BCUT2D eigenvalue weighted by atomic mass is 16.5. The smallest absolute Gasteiger partial charge is 0.335 e. The Labute approximate surface area is 290 Å². The first-order chi connectivity index (χ1) is 23.9. The van der Waals surface area contributed by atoms with Crippen molar-refractivity contribution in [2.45, 2.75) is 44.8 Å². The van der Waals surface area contributed by atoms with E-state index in [0.717, 1.165) is 74.4 Å². The lowest BCUT2D eigenvalue weighted by Gasteiger charge is -2.39. The molecule has 0 aromatic heterocycles. The topological polar surface area (TPSA) is 82.5 Å². The molecule has 0 saturated carbocycles. The Kier molecular flexibility index (Phi) is 13.1. The first-order valence-electron chi connectivity index (χ1n) is 17.2. The van der Waals surface area contributed by atoms with Crippen LogP contribution in [0.5, 0.6) is 5.75 Å². The fourth-order valence-corrected chi connectivity index (χ4v) is 6.03. The second-order valence-corrected chi connectivity index (χ2v) is 12.5. The number of aromatic carboxylic acids is 1. The third-order valence-corrected chi connectivity index (χ3v) is 9.13. The summed E-state index contributed by atoms with van der Waals surface area (Å²) in [5.41, 5.74) is 6.20. The number of allylic oxidation sites excluding steroid dienone is 4. The summed E-state index contributed by atoms with van der Waals surface area (Å²) in [5, 5.41) is 18.6. The van der Waals surface area contributed by atoms with Crippen molar-refractivity contribution in [3.05, 3.63) is 155 Å². The highest BCUT2D eigenvalue weighted by Gasteiger charge is 2.22. The van der Waals surface area contributed by atoms with Crippen LogP contribution in [-0.4, -0.2) is 66.6 Å². The maximum Gasteiger partial charge on any atom is 0.335 e. The van der Waals surface area contributed by atoms with Gasteiger partial charge in [-0.15, -0.1) is 6.58 Å². The zero-order chi connectivity index (χ0) is 34.4. The van der Waals surface area contributed by atoms with Crippen LogP contribution in [0.15, 0.2) is 133 Å². The van der Waals surface area contributed by atoms with E-state index in [0.29, 0.717) is 24.8 Å². The quantitative estimate of drug-likeness (QED) is 0.0914. The number of phenols is 1. The van der Waals surface area contributed by atoms with Gasteiger partial charge in [0.05, 0.1) is 18.3 Å². The van der Waals surface area contributed by atoms with Crippen LogP contribution in [0, 0.1) is 0 Å². The Morgan fingerprint density at radius 2 is 1.69 bits per heavy atom. The van der Waals surface area contributed by atoms with E-state index in [9.17, 15) is 15.0 Å². The van der Waals surface area contributed by atoms with Crippen molar-refractivity contribution < 1.29 is 24.5 Å². The van der Waals surface area contributed by atoms with Crippen LogP contribution < -0.4 is 4.90 Å². The van der Waals surface area contributed by atoms with Crippen molar-refractivity contribution in [2.24, 2.45) is 0 Å². The van der Waals surface area contributed by atoms with Gasteiger partial charge in [-0.1, -0.05) is 66.8 Å². The molecular weight excluding hydrogens is 612 g/mol. The molecule has 0 amide bonds. The van der Waals surface area contributed by atoms with E-state index in [1.807, 2.05) is 36.4 Å². The van der Waals surface area contributed by atoms with Crippen molar-refractivity contribution in [2.75, 3.05) is 44.3 Å². The lowest BCUT2D eigenvalue weighted by molar-refractivity contribution is 0.0696. The average Bonchev–Trinajstić information content (AvgIpc) is 3.14. The number of nitrogens with zero attached hydrogens (tertiary/aromatic N) is 2. The van der Waals surface area contributed by atoms with E-state index < -0.39 is 5.97 Å². The van der Waals surface area contributed by atoms with Gasteiger partial charge in [0, 0.05) is 37.9 Å². The number of hydrogen-bond acceptors (Lipinski definition) is 6. The van der Waals surface area contributed by atoms with Gasteiger partial charge in [0.15, 0.2) is 0 Å². The van der Waals surface area contributed by atoms with Gasteiger partial charge < -0.3 is 24.6 Å². The summed E-state index contributed by atoms with van der Waals surface area (Å²) in [6, 6.07) is 23.6. The molecule has 0 bridgehead atoms. The molecule has 1 aliphatic heterocycles. The Balaban J connectivity index is 1.08. The molecule has 1 saturated heterocycles. The lowest BCUT2D eigenvalue weighted by Crippen LogP contribution is -2.47. The fraction of sp³-hybridized carbons (Fsp3) is 0.310. The van der Waals surface area contributed by atoms with Crippen LogP contribution >= 0.6 is 0 Å². The summed E-state index contributed by atoms with van der Waals surface area (Å²) in [5.74, 6) is 0.228. The van der Waals surface area contributed by atoms with Gasteiger partial charge in [0.2, 0.25) is 0 Å². The Bertz CT molecular complexity index is 1630. The number of piperazine rings is 1. The molecule has 2 atom stereocenters. The number of benzene rings is 3. The minimum absolute atomic E-state index is 0.0589. The molecule has 1 fully saturated rings. The van der Waals surface area contributed by atoms with Gasteiger partial charge in [-0.05, 0) is 103 Å². The van der Waals surface area contributed by atoms with Gasteiger partial charge >= 0.3 is 5.97 Å². The van der Waals surface area contributed by atoms with E-state index in [4.69, 9.17) is 9.47 Å². The van der Waals surface area contributed by atoms with E-state index in [1.54, 1.807) is 24.3 Å². The third-order valence-electron chi connectivity index (χ3n) is 9.13. The summed E-state index contributed by atoms with van der Waals surface area (Å²) in [6.07, 6.45) is 17.7. The lowest BCUT2D eigenvalue weighted by atomic mass is 10.0. The standard InChI is InChI=1S/C42H48N2O5/c1-3-4-5-6-40(49-31-35-12-23-41(24-13-35)48-30-25-34-9-20-39(45)21-10-34)22-11-33-7-14-36(15-8-33)32(2)43-26-28-44(29-27-43)38-18-16-37(17-19-38)42(46)47/h3,5-10,12-23,32,41,45H,1,4,11,24-31H2,2H3,(H,46,47)/b6-5-,40-22+/t32-,41?/m0/s1. The highest BCUT2D eigenvalue weighted by molar-refractivity contribution is 5.88. The van der Waals surface area contributed by atoms with Gasteiger partial charge in [0.25, 0.3) is 0 Å². The van der Waals surface area contributed by atoms with E-state index in [2.05, 4.69) is 77.9 Å². The molecule has 0 radical (unpaired) electrons. The Morgan fingerprint density at radius 1 is 0.980 bits per heavy atom. The van der Waals surface area contributed by atoms with Crippen LogP contribution in [0.1, 0.15) is 52.9 Å². The molecule has 3 aromatic rings. The molecule has 1 aliphatic carbocycles. The van der Waals surface area contributed by atoms with Crippen LogP contribution in [0.4, 0.5) is 5.69 Å². The average molecular weight is 661 g/mol. The SMILES string of the molecule is C=CC/C=C\C(=C/Cc1ccc([C@H](C)N2CCN(c3ccc(C(=O)O)cc3)CC2)cc1)OCC1=CCC(OCCc2ccc(O)cc2)C=C1. The number of phenolic OH excluding ortho intramolecular Hbond substituents is 1. The molecule has 7 heteroatoms. The van der Waals surface area contributed by atoms with Crippen molar-refractivity contribution >= 4 is 11.7 Å². The number of carboxylic acid groups (broad SMARTS) is 1. The third kappa shape index (κ3) is 10.8. The predicted molar refractivity (Wildman–Crippen MR) is 197 cm³/mol. The van der Waals surface area contributed by atoms with Crippen LogP contribution in [0.25, 0.3) is 0 Å². The van der Waals surface area contributed by atoms with Crippen LogP contribution in [-0.2, 0) is 22.3 Å². The maximum absolute atomic E-state index is 11.2. The van der Waals surface area contributed by atoms with Crippen LogP contribution in [0.3, 0.4) is 0 Å². The number of ether oxygens (including phenoxy) is 2. The second-order valence-electron chi connectivity index (χ2n) is 12.5. The minimum Gasteiger partial charge on any atom is -0.508 e. The van der Waals surface area contributed by atoms with Crippen molar-refractivity contribution in [3.63, 3.8) is 0 Å². The first-order valence-corrected chi connectivity index (χ1v) is 17.2. The summed E-state index contributed by atoms with van der Waals surface area (Å²) < 4.78 is 12.3. The number of anilines is 1. The second kappa shape index (κ2) is 18.1. The molecule has 2 N–H and O–H groups in total. The van der Waals surface area contributed by atoms with Gasteiger partial charge in [-0.2, -0.15) is 0 Å². The first kappa shape index (κ1) is 35.5. The molecule has 3 aromatic carbocycles. The normalized spacial score (nSPS) is 17.6. The monoisotopic (exact) mass is 660 g/mol. The molecule has 2 aliphatic rings. The number of aromatic hydroxyl groups is 1. The minimum atomic E-state index is -0.896. The van der Waals surface area contributed by atoms with Crippen molar-refractivity contribution in [1.29, 1.82) is 0 Å². The number of carbonyl (C=O) groups is 1. The largest absolute Gasteiger partial charge is 0.508 e. The van der Waals surface area contributed by atoms with Crippen LogP contribution in [0.2, 0.25) is 0 Å². The van der Waals surface area contributed by atoms with Gasteiger partial charge in [-0.25, -0.2) is 4.79 Å². The molecule has 1 heterocycles. The molecule has 49 heavy (non-hydrogen) atoms. The molecule has 7 nitrogen and oxygen atoms in total. The summed E-state index contributed by atoms with van der Waals surface area (Å²) in [4.78, 5) is 16.0. The van der Waals surface area contributed by atoms with E-state index in [-0.39, 0.29) is 11.9 Å². The fourth-order valence-electron chi connectivity index (χ4n) is 6.03. The van der Waals surface area contributed by atoms with Crippen molar-refractivity contribution in [1.82, 2.24) is 4.90 Å². The van der Waals surface area contributed by atoms with Crippen molar-refractivity contribution in [3.8, 4) is 5.75 Å². The molecular formula is C42H48N2O5.